The quantitative estimate of drug-likeness (QED) is 0.0913. The second-order valence-corrected chi connectivity index (χ2v) is 14.1. The lowest BCUT2D eigenvalue weighted by Gasteiger charge is -2.18. The number of carbonyl (C=O) groups is 3. The summed E-state index contributed by atoms with van der Waals surface area (Å²) in [4.78, 5) is 55.8. The molecule has 276 valence electrons. The van der Waals surface area contributed by atoms with E-state index in [2.05, 4.69) is 55.6 Å². The Labute approximate surface area is 310 Å². The summed E-state index contributed by atoms with van der Waals surface area (Å²) in [6.07, 6.45) is 10.7. The smallest absolute Gasteiger partial charge is 0.339 e. The first kappa shape index (κ1) is 37.2. The van der Waals surface area contributed by atoms with E-state index < -0.39 is 11.9 Å². The van der Waals surface area contributed by atoms with Crippen molar-refractivity contribution in [1.82, 2.24) is 20.8 Å². The Bertz CT molecular complexity index is 2120. The lowest BCUT2D eigenvalue weighted by molar-refractivity contribution is -0.120. The molecule has 2 aromatic heterocycles. The molecule has 0 fully saturated rings. The molecule has 3 aliphatic heterocycles. The molecule has 5 N–H and O–H groups in total. The van der Waals surface area contributed by atoms with Crippen molar-refractivity contribution in [3.63, 3.8) is 0 Å². The van der Waals surface area contributed by atoms with Crippen molar-refractivity contribution >= 4 is 47.4 Å². The van der Waals surface area contributed by atoms with E-state index in [0.717, 1.165) is 75.0 Å². The number of aliphatic imine (C=N–C) groups is 2. The van der Waals surface area contributed by atoms with Gasteiger partial charge in [-0.2, -0.15) is 0 Å². The lowest BCUT2D eigenvalue weighted by atomic mass is 9.84. The van der Waals surface area contributed by atoms with Gasteiger partial charge in [-0.15, -0.1) is 0 Å². The molecule has 0 saturated heterocycles. The largest absolute Gasteiger partial charge is 0.465 e. The number of esters is 1. The molecule has 3 atom stereocenters. The molecule has 6 rings (SSSR count). The molecule has 1 aromatic carbocycles. The molecular weight excluding hydrogens is 668 g/mol. The van der Waals surface area contributed by atoms with Crippen LogP contribution in [-0.4, -0.2) is 57.5 Å². The average Bonchev–Trinajstić information content (AvgIpc) is 3.82. The second kappa shape index (κ2) is 15.6. The summed E-state index contributed by atoms with van der Waals surface area (Å²) in [5.74, 6) is -1.18. The van der Waals surface area contributed by atoms with E-state index in [1.807, 2.05) is 13.0 Å². The molecule has 0 saturated carbocycles. The van der Waals surface area contributed by atoms with Crippen LogP contribution in [0.15, 0.2) is 63.9 Å². The molecule has 11 nitrogen and oxygen atoms in total. The Kier molecular flexibility index (Phi) is 10.9. The summed E-state index contributed by atoms with van der Waals surface area (Å²) in [7, 11) is 1.40. The maximum absolute atomic E-state index is 13.3. The Morgan fingerprint density at radius 2 is 1.81 bits per heavy atom. The van der Waals surface area contributed by atoms with Gasteiger partial charge in [0, 0.05) is 89.2 Å². The average molecular weight is 717 g/mol. The highest BCUT2D eigenvalue weighted by molar-refractivity contribution is 6.05. The Balaban J connectivity index is 1.32. The number of methoxy groups -OCH3 is 1. The first-order chi connectivity index (χ1) is 25.5. The monoisotopic (exact) mass is 716 g/mol. The maximum Gasteiger partial charge on any atom is 0.339 e. The number of benzene rings is 1. The third kappa shape index (κ3) is 7.39. The standard InChI is InChI=1S/C42H48N6O5/c1-8-28-22(3)31-18-32-24(5)30(14-15-39(49)43-17-16-26-10-12-27(13-11-26)41(50)48-52)37(46-32)21-38-40(42(51)53-7)25(6)34(47-38)20-36-29(9-2)23(4)33(45-36)19-35(28)44-31/h8,10-13,16-18,24,30,33,44,47,52H,1,9,14-15,19-21H2,2-7H3,(H,43,49)(H,48,50)/b17-16+,32-18?/t24-,30-,33?/m0/s1. The molecule has 8 bridgehead atoms. The predicted molar refractivity (Wildman–Crippen MR) is 208 cm³/mol. The number of nitrogens with zero attached hydrogens (tertiary/aromatic N) is 2. The van der Waals surface area contributed by atoms with Crippen LogP contribution in [0, 0.1) is 25.7 Å². The minimum atomic E-state index is -0.594. The number of nitrogens with one attached hydrogen (secondary N) is 4. The number of ether oxygens (including phenoxy) is 1. The van der Waals surface area contributed by atoms with Crippen LogP contribution < -0.4 is 10.8 Å². The fourth-order valence-corrected chi connectivity index (χ4v) is 7.99. The minimum absolute atomic E-state index is 0.000895. The summed E-state index contributed by atoms with van der Waals surface area (Å²) in [6, 6.07) is 6.61. The van der Waals surface area contributed by atoms with Crippen LogP contribution in [0.4, 0.5) is 0 Å². The summed E-state index contributed by atoms with van der Waals surface area (Å²) < 4.78 is 5.29. The SMILES string of the molecule is C=Cc1c2[nH]c(c1C)C=C1N=C(Cc3[nH]c(c(C)c3C(=O)OC)CC3=NC(C2)C(C)=C3CC)[C@@H](CCC(=O)N/C=C/c2ccc(C(=O)NO)cc2)[C@@H]1C. The molecule has 1 unspecified atom stereocenters. The molecule has 2 amide bonds. The number of allylic oxidation sites excluding steroid dienone is 2. The number of aromatic amines is 2. The van der Waals surface area contributed by atoms with Gasteiger partial charge < -0.3 is 20.0 Å². The van der Waals surface area contributed by atoms with E-state index in [0.29, 0.717) is 30.4 Å². The number of H-pyrrole nitrogens is 2. The zero-order chi connectivity index (χ0) is 38.0. The van der Waals surface area contributed by atoms with E-state index in [9.17, 15) is 14.4 Å². The number of hydrogen-bond donors (Lipinski definition) is 5. The maximum atomic E-state index is 13.3. The molecule has 0 aliphatic carbocycles. The van der Waals surface area contributed by atoms with Crippen molar-refractivity contribution in [3.8, 4) is 0 Å². The fourth-order valence-electron chi connectivity index (χ4n) is 7.99. The van der Waals surface area contributed by atoms with Gasteiger partial charge in [0.15, 0.2) is 0 Å². The first-order valence-corrected chi connectivity index (χ1v) is 18.2. The van der Waals surface area contributed by atoms with Crippen LogP contribution in [0.25, 0.3) is 18.2 Å². The Hall–Kier alpha value is -5.55. The normalized spacial score (nSPS) is 19.5. The van der Waals surface area contributed by atoms with Crippen molar-refractivity contribution in [3.05, 3.63) is 110 Å². The highest BCUT2D eigenvalue weighted by atomic mass is 16.5. The van der Waals surface area contributed by atoms with Gasteiger partial charge in [0.1, 0.15) is 0 Å². The number of amides is 2. The minimum Gasteiger partial charge on any atom is -0.465 e. The Morgan fingerprint density at radius 3 is 2.49 bits per heavy atom. The van der Waals surface area contributed by atoms with E-state index in [4.69, 9.17) is 19.9 Å². The molecule has 11 heteroatoms. The van der Waals surface area contributed by atoms with Crippen molar-refractivity contribution < 1.29 is 24.3 Å². The van der Waals surface area contributed by atoms with Gasteiger partial charge in [-0.1, -0.05) is 38.6 Å². The number of fused-ring (bicyclic) bond motifs is 6. The van der Waals surface area contributed by atoms with E-state index >= 15 is 0 Å². The van der Waals surface area contributed by atoms with Crippen LogP contribution in [0.3, 0.4) is 0 Å². The molecule has 53 heavy (non-hydrogen) atoms. The third-order valence-corrected chi connectivity index (χ3v) is 11.1. The zero-order valence-corrected chi connectivity index (χ0v) is 31.3. The van der Waals surface area contributed by atoms with Gasteiger partial charge in [-0.25, -0.2) is 10.3 Å². The van der Waals surface area contributed by atoms with Crippen LogP contribution in [-0.2, 0) is 28.8 Å². The van der Waals surface area contributed by atoms with Crippen LogP contribution in [0.1, 0.15) is 106 Å². The van der Waals surface area contributed by atoms with Gasteiger partial charge in [-0.3, -0.25) is 24.8 Å². The van der Waals surface area contributed by atoms with Crippen molar-refractivity contribution in [2.75, 3.05) is 7.11 Å². The number of carbonyl (C=O) groups excluding carboxylic acids is 3. The first-order valence-electron chi connectivity index (χ1n) is 18.2. The summed E-state index contributed by atoms with van der Waals surface area (Å²) in [5, 5.41) is 11.7. The van der Waals surface area contributed by atoms with Gasteiger partial charge in [0.2, 0.25) is 5.91 Å². The summed E-state index contributed by atoms with van der Waals surface area (Å²) in [6.45, 7) is 14.7. The van der Waals surface area contributed by atoms with Gasteiger partial charge in [0.05, 0.1) is 18.7 Å². The van der Waals surface area contributed by atoms with E-state index in [1.165, 1.54) is 18.3 Å². The number of hydrogen-bond acceptors (Lipinski definition) is 7. The number of hydroxylamine groups is 1. The molecule has 3 aliphatic rings. The molecular formula is C42H48N6O5. The summed E-state index contributed by atoms with van der Waals surface area (Å²) in [5.41, 5.74) is 15.4. The van der Waals surface area contributed by atoms with Crippen LogP contribution in [0.5, 0.6) is 0 Å². The van der Waals surface area contributed by atoms with E-state index in [-0.39, 0.29) is 30.2 Å². The van der Waals surface area contributed by atoms with Crippen molar-refractivity contribution in [1.29, 1.82) is 0 Å². The number of aromatic nitrogens is 2. The summed E-state index contributed by atoms with van der Waals surface area (Å²) >= 11 is 0. The van der Waals surface area contributed by atoms with Crippen molar-refractivity contribution in [2.45, 2.75) is 79.2 Å². The predicted octanol–water partition coefficient (Wildman–Crippen LogP) is 7.01. The number of rotatable bonds is 9. The highest BCUT2D eigenvalue weighted by Crippen LogP contribution is 2.39. The van der Waals surface area contributed by atoms with Gasteiger partial charge in [0.25, 0.3) is 5.91 Å². The second-order valence-electron chi connectivity index (χ2n) is 14.1. The molecule has 0 spiro atoms. The molecule has 5 heterocycles. The molecule has 3 aromatic rings. The van der Waals surface area contributed by atoms with Crippen molar-refractivity contribution in [2.24, 2.45) is 21.8 Å². The van der Waals surface area contributed by atoms with Crippen LogP contribution in [0.2, 0.25) is 0 Å². The van der Waals surface area contributed by atoms with Gasteiger partial charge in [-0.05, 0) is 91.3 Å². The highest BCUT2D eigenvalue weighted by Gasteiger charge is 2.35. The topological polar surface area (TPSA) is 161 Å². The Morgan fingerprint density at radius 1 is 1.06 bits per heavy atom. The van der Waals surface area contributed by atoms with Gasteiger partial charge >= 0.3 is 5.97 Å². The zero-order valence-electron chi connectivity index (χ0n) is 31.3. The van der Waals surface area contributed by atoms with Crippen LogP contribution >= 0.6 is 0 Å². The molecule has 0 radical (unpaired) electrons. The fraction of sp³-hybridized carbons (Fsp3) is 0.357. The third-order valence-electron chi connectivity index (χ3n) is 11.1. The van der Waals surface area contributed by atoms with E-state index in [1.54, 1.807) is 42.0 Å². The lowest BCUT2D eigenvalue weighted by Crippen LogP contribution is -2.23.